The molecule has 0 N–H and O–H groups in total. The molecule has 6 nitrogen and oxygen atoms in total. The van der Waals surface area contributed by atoms with Crippen molar-refractivity contribution in [2.75, 3.05) is 19.7 Å². The van der Waals surface area contributed by atoms with Crippen molar-refractivity contribution in [2.24, 2.45) is 5.92 Å². The number of carbonyl (C=O) groups is 2. The predicted octanol–water partition coefficient (Wildman–Crippen LogP) is 3.30. The molecule has 0 bridgehead atoms. The zero-order valence-electron chi connectivity index (χ0n) is 16.8. The lowest BCUT2D eigenvalue weighted by Crippen LogP contribution is -2.43. The summed E-state index contributed by atoms with van der Waals surface area (Å²) in [5, 5.41) is 4.51. The van der Waals surface area contributed by atoms with Gasteiger partial charge < -0.3 is 9.64 Å². The molecule has 1 aliphatic heterocycles. The number of rotatable bonds is 7. The molecule has 0 radical (unpaired) electrons. The van der Waals surface area contributed by atoms with Crippen LogP contribution < -0.4 is 0 Å². The summed E-state index contributed by atoms with van der Waals surface area (Å²) >= 11 is 0. The van der Waals surface area contributed by atoms with Gasteiger partial charge in [0, 0.05) is 13.1 Å². The summed E-state index contributed by atoms with van der Waals surface area (Å²) in [4.78, 5) is 27.1. The Morgan fingerprint density at radius 2 is 2.00 bits per heavy atom. The van der Waals surface area contributed by atoms with E-state index in [4.69, 9.17) is 4.74 Å². The molecule has 28 heavy (non-hydrogen) atoms. The molecule has 1 aromatic heterocycles. The normalized spacial score (nSPS) is 16.8. The second-order valence-corrected chi connectivity index (χ2v) is 7.24. The minimum absolute atomic E-state index is 0.0308. The Bertz CT molecular complexity index is 801. The minimum atomic E-state index is -0.230. The van der Waals surface area contributed by atoms with Crippen molar-refractivity contribution in [1.29, 1.82) is 0 Å². The van der Waals surface area contributed by atoms with Crippen LogP contribution in [0.3, 0.4) is 0 Å². The van der Waals surface area contributed by atoms with Crippen molar-refractivity contribution in [1.82, 2.24) is 14.7 Å². The van der Waals surface area contributed by atoms with Gasteiger partial charge >= 0.3 is 5.97 Å². The average Bonchev–Trinajstić information content (AvgIpc) is 3.11. The highest BCUT2D eigenvalue weighted by molar-refractivity contribution is 5.95. The molecule has 1 aromatic carbocycles. The highest BCUT2D eigenvalue weighted by Gasteiger charge is 2.31. The van der Waals surface area contributed by atoms with Gasteiger partial charge in [0.05, 0.1) is 36.5 Å². The standard InChI is InChI=1S/C22H29N3O3/c1-3-9-20-19(14-23-25(20)15-17-10-6-5-7-11-17)21(26)24-13-8-12-18(16-24)22(27)28-4-2/h5-7,10-11,14,18H,3-4,8-9,12-13,15-16H2,1-2H3/t18-/m1/s1. The SMILES string of the molecule is CCCc1c(C(=O)N2CCC[C@@H](C(=O)OCC)C2)cnn1Cc1ccccc1. The zero-order chi connectivity index (χ0) is 19.9. The lowest BCUT2D eigenvalue weighted by atomic mass is 9.97. The molecular formula is C22H29N3O3. The summed E-state index contributed by atoms with van der Waals surface area (Å²) in [6.45, 7) is 6.02. The summed E-state index contributed by atoms with van der Waals surface area (Å²) in [6.07, 6.45) is 5.01. The third kappa shape index (κ3) is 4.61. The molecule has 0 saturated carbocycles. The van der Waals surface area contributed by atoms with E-state index in [1.54, 1.807) is 11.1 Å². The topological polar surface area (TPSA) is 64.4 Å². The predicted molar refractivity (Wildman–Crippen MR) is 107 cm³/mol. The molecule has 150 valence electrons. The van der Waals surface area contributed by atoms with Crippen molar-refractivity contribution in [3.8, 4) is 0 Å². The summed E-state index contributed by atoms with van der Waals surface area (Å²) < 4.78 is 7.08. The van der Waals surface area contributed by atoms with Gasteiger partial charge in [-0.1, -0.05) is 43.7 Å². The fourth-order valence-corrected chi connectivity index (χ4v) is 3.77. The van der Waals surface area contributed by atoms with Gasteiger partial charge in [-0.25, -0.2) is 0 Å². The van der Waals surface area contributed by atoms with Gasteiger partial charge in [0.15, 0.2) is 0 Å². The average molecular weight is 383 g/mol. The third-order valence-corrected chi connectivity index (χ3v) is 5.17. The summed E-state index contributed by atoms with van der Waals surface area (Å²) in [6, 6.07) is 10.1. The van der Waals surface area contributed by atoms with E-state index in [0.717, 1.165) is 36.9 Å². The summed E-state index contributed by atoms with van der Waals surface area (Å²) in [5.41, 5.74) is 2.78. The Morgan fingerprint density at radius 1 is 1.21 bits per heavy atom. The van der Waals surface area contributed by atoms with E-state index in [9.17, 15) is 9.59 Å². The van der Waals surface area contributed by atoms with Crippen molar-refractivity contribution >= 4 is 11.9 Å². The fraction of sp³-hybridized carbons (Fsp3) is 0.500. The van der Waals surface area contributed by atoms with E-state index in [2.05, 4.69) is 24.2 Å². The largest absolute Gasteiger partial charge is 0.466 e. The zero-order valence-corrected chi connectivity index (χ0v) is 16.8. The van der Waals surface area contributed by atoms with Gasteiger partial charge in [-0.05, 0) is 31.7 Å². The van der Waals surface area contributed by atoms with Gasteiger partial charge in [0.1, 0.15) is 0 Å². The van der Waals surface area contributed by atoms with E-state index < -0.39 is 0 Å². The Morgan fingerprint density at radius 3 is 2.71 bits per heavy atom. The number of ether oxygens (including phenoxy) is 1. The van der Waals surface area contributed by atoms with Crippen LogP contribution in [0.5, 0.6) is 0 Å². The Kier molecular flexibility index (Phi) is 6.85. The van der Waals surface area contributed by atoms with Crippen molar-refractivity contribution < 1.29 is 14.3 Å². The molecule has 6 heteroatoms. The molecule has 1 saturated heterocycles. The van der Waals surface area contributed by atoms with Gasteiger partial charge in [0.2, 0.25) is 0 Å². The number of aromatic nitrogens is 2. The third-order valence-electron chi connectivity index (χ3n) is 5.17. The van der Waals surface area contributed by atoms with Gasteiger partial charge in [-0.3, -0.25) is 14.3 Å². The maximum atomic E-state index is 13.2. The molecule has 1 fully saturated rings. The molecule has 1 amide bonds. The first-order chi connectivity index (χ1) is 13.6. The molecule has 0 spiro atoms. The van der Waals surface area contributed by atoms with Crippen LogP contribution in [0, 0.1) is 5.92 Å². The first kappa shape index (κ1) is 20.1. The number of hydrogen-bond donors (Lipinski definition) is 0. The Labute approximate surface area is 166 Å². The highest BCUT2D eigenvalue weighted by Crippen LogP contribution is 2.22. The van der Waals surface area contributed by atoms with E-state index in [-0.39, 0.29) is 17.8 Å². The van der Waals surface area contributed by atoms with Crippen LogP contribution in [0.2, 0.25) is 0 Å². The summed E-state index contributed by atoms with van der Waals surface area (Å²) in [7, 11) is 0. The smallest absolute Gasteiger partial charge is 0.310 e. The van der Waals surface area contributed by atoms with Crippen LogP contribution in [0.1, 0.15) is 54.7 Å². The molecule has 1 atom stereocenters. The molecule has 2 aromatic rings. The molecular weight excluding hydrogens is 354 g/mol. The van der Waals surface area contributed by atoms with E-state index >= 15 is 0 Å². The number of hydrogen-bond acceptors (Lipinski definition) is 4. The fourth-order valence-electron chi connectivity index (χ4n) is 3.77. The monoisotopic (exact) mass is 383 g/mol. The Hall–Kier alpha value is -2.63. The number of amides is 1. The molecule has 2 heterocycles. The van der Waals surface area contributed by atoms with Crippen LogP contribution in [0.25, 0.3) is 0 Å². The number of benzene rings is 1. The number of likely N-dealkylation sites (tertiary alicyclic amines) is 1. The maximum absolute atomic E-state index is 13.2. The quantitative estimate of drug-likeness (QED) is 0.688. The number of carbonyl (C=O) groups excluding carboxylic acids is 2. The minimum Gasteiger partial charge on any atom is -0.466 e. The van der Waals surface area contributed by atoms with Crippen LogP contribution in [0.15, 0.2) is 36.5 Å². The molecule has 3 rings (SSSR count). The summed E-state index contributed by atoms with van der Waals surface area (Å²) in [5.74, 6) is -0.461. The van der Waals surface area contributed by atoms with Gasteiger partial charge in [0.25, 0.3) is 5.91 Å². The first-order valence-electron chi connectivity index (χ1n) is 10.2. The van der Waals surface area contributed by atoms with E-state index in [1.165, 1.54) is 0 Å². The van der Waals surface area contributed by atoms with Crippen LogP contribution in [-0.2, 0) is 22.5 Å². The number of esters is 1. The second kappa shape index (κ2) is 9.53. The molecule has 1 aliphatic rings. The van der Waals surface area contributed by atoms with Gasteiger partial charge in [-0.2, -0.15) is 5.10 Å². The number of piperidine rings is 1. The van der Waals surface area contributed by atoms with Crippen molar-refractivity contribution in [2.45, 2.75) is 46.1 Å². The number of nitrogens with zero attached hydrogens (tertiary/aromatic N) is 3. The van der Waals surface area contributed by atoms with Gasteiger partial charge in [-0.15, -0.1) is 0 Å². The van der Waals surface area contributed by atoms with Crippen LogP contribution in [-0.4, -0.2) is 46.3 Å². The van der Waals surface area contributed by atoms with E-state index in [0.29, 0.717) is 31.8 Å². The van der Waals surface area contributed by atoms with Crippen LogP contribution >= 0.6 is 0 Å². The lowest BCUT2D eigenvalue weighted by molar-refractivity contribution is -0.149. The maximum Gasteiger partial charge on any atom is 0.310 e. The second-order valence-electron chi connectivity index (χ2n) is 7.24. The highest BCUT2D eigenvalue weighted by atomic mass is 16.5. The first-order valence-corrected chi connectivity index (χ1v) is 10.2. The lowest BCUT2D eigenvalue weighted by Gasteiger charge is -2.31. The van der Waals surface area contributed by atoms with E-state index in [1.807, 2.05) is 29.8 Å². The Balaban J connectivity index is 1.78. The molecule has 0 unspecified atom stereocenters. The van der Waals surface area contributed by atoms with Crippen molar-refractivity contribution in [3.05, 3.63) is 53.3 Å². The van der Waals surface area contributed by atoms with Crippen LogP contribution in [0.4, 0.5) is 0 Å². The van der Waals surface area contributed by atoms with Crippen molar-refractivity contribution in [3.63, 3.8) is 0 Å². The molecule has 0 aliphatic carbocycles.